The van der Waals surface area contributed by atoms with Crippen LogP contribution in [0.3, 0.4) is 0 Å². The summed E-state index contributed by atoms with van der Waals surface area (Å²) in [7, 11) is -11.0. The molecule has 8 aliphatic heterocycles. The van der Waals surface area contributed by atoms with Crippen molar-refractivity contribution in [3.63, 3.8) is 0 Å². The van der Waals surface area contributed by atoms with Gasteiger partial charge in [-0.05, 0) is 0 Å². The van der Waals surface area contributed by atoms with Gasteiger partial charge in [-0.25, -0.2) is 9.13 Å². The van der Waals surface area contributed by atoms with E-state index in [9.17, 15) is 151 Å². The highest BCUT2D eigenvalue weighted by atomic mass is 31.2. The van der Waals surface area contributed by atoms with Crippen LogP contribution in [0.2, 0.25) is 0 Å². The molecule has 0 aromatic carbocycles. The monoisotopic (exact) mass is 1520 g/mol. The Balaban J connectivity index is 0.988. The summed E-state index contributed by atoms with van der Waals surface area (Å²) >= 11 is 0. The van der Waals surface area contributed by atoms with Crippen LogP contribution < -0.4 is 5.32 Å². The van der Waals surface area contributed by atoms with Gasteiger partial charge in [-0.3, -0.25) is 22.9 Å². The highest BCUT2D eigenvalue weighted by Crippen LogP contribution is 2.49. The predicted octanol–water partition coefficient (Wildman–Crippen LogP) is -18.1. The predicted molar refractivity (Wildman–Crippen MR) is 298 cm³/mol. The van der Waals surface area contributed by atoms with Gasteiger partial charge in [0.1, 0.15) is 195 Å². The summed E-state index contributed by atoms with van der Waals surface area (Å²) in [5, 5.41) is 270. The Morgan fingerprint density at radius 3 is 1.04 bits per heavy atom. The third-order valence-corrected chi connectivity index (χ3v) is 19.3. The van der Waals surface area contributed by atoms with Gasteiger partial charge in [0.05, 0.1) is 52.9 Å². The van der Waals surface area contributed by atoms with Crippen molar-refractivity contribution in [2.24, 2.45) is 0 Å². The van der Waals surface area contributed by atoms with Gasteiger partial charge in [-0.1, -0.05) is 0 Å². The zero-order valence-corrected chi connectivity index (χ0v) is 53.7. The van der Waals surface area contributed by atoms with E-state index >= 15 is 0 Å². The summed E-state index contributed by atoms with van der Waals surface area (Å²) in [6.45, 7) is -7.92. The molecular formula is C50H87NO47P2. The van der Waals surface area contributed by atoms with Crippen LogP contribution in [0.4, 0.5) is 0 Å². The molecular weight excluding hydrogens is 1430 g/mol. The molecule has 8 aliphatic rings. The van der Waals surface area contributed by atoms with E-state index in [2.05, 4.69) is 5.32 Å². The normalized spacial score (nSPS) is 50.2. The number of phosphoric ester groups is 2. The molecule has 8 fully saturated rings. The fourth-order valence-electron chi connectivity index (χ4n) is 11.6. The van der Waals surface area contributed by atoms with E-state index in [0.717, 1.165) is 6.92 Å². The summed E-state index contributed by atoms with van der Waals surface area (Å²) in [6, 6.07) is -1.74. The van der Waals surface area contributed by atoms with Crippen molar-refractivity contribution in [2.75, 3.05) is 52.9 Å². The average molecular weight is 1520 g/mol. The van der Waals surface area contributed by atoms with Crippen LogP contribution in [0.25, 0.3) is 0 Å². The summed E-state index contributed by atoms with van der Waals surface area (Å²) in [4.78, 5) is 33.1. The first-order chi connectivity index (χ1) is 46.9. The molecule has 3 unspecified atom stereocenters. The van der Waals surface area contributed by atoms with Gasteiger partial charge in [0.2, 0.25) is 5.91 Å². The lowest BCUT2D eigenvalue weighted by molar-refractivity contribution is -0.396. The molecule has 0 aliphatic carbocycles. The summed E-state index contributed by atoms with van der Waals surface area (Å²) < 4.78 is 118. The van der Waals surface area contributed by atoms with Crippen molar-refractivity contribution in [2.45, 2.75) is 253 Å². The van der Waals surface area contributed by atoms with Crippen molar-refractivity contribution in [3.05, 3.63) is 0 Å². The standard InChI is InChI=1S/C50H87NO47P2/c1-10(56)51-19-27(64)40(14(5-55)86-43(19)77)94-47-39(76)41(95-50-42(33(70)22(59)13(4-54)89-50)96-46-36(73)32(69)25(62)18(93-46)9-85-100(80,81)98-49-38(75)29(66)21(58)12(3-53)88-49)26(63)16(92-47)7-83-44-34(71)30(67)23(60)15(90-44)6-82-45-35(72)31(68)24(61)17(91-45)8-84-99(78,79)97-48-37(74)28(65)20(57)11(2-52)87-48/h11-50,52-55,57-77H,2-9H2,1H3,(H,51,56)(H,78,79)(H,80,81)/t11-,12-,13-,14-,15-,16-,17-,18-,19-,20-,21-,22-,23-,24-,25-,26-,27-,28+,29+,30+,31+,32+,33+,34+,35+,36+,37+,38+,39+,40-,41+,42+,43?,44+,45+,46-,47+,48-,49-,50-/m1/s1. The van der Waals surface area contributed by atoms with Crippen molar-refractivity contribution < 1.29 is 231 Å². The Morgan fingerprint density at radius 1 is 0.320 bits per heavy atom. The maximum absolute atomic E-state index is 13.1. The van der Waals surface area contributed by atoms with E-state index in [-0.39, 0.29) is 0 Å². The van der Waals surface area contributed by atoms with Gasteiger partial charge in [0.15, 0.2) is 50.3 Å². The molecule has 8 saturated heterocycles. The van der Waals surface area contributed by atoms with E-state index in [4.69, 9.17) is 79.7 Å². The van der Waals surface area contributed by atoms with E-state index < -0.39 is 320 Å². The molecule has 28 N–H and O–H groups in total. The van der Waals surface area contributed by atoms with Gasteiger partial charge >= 0.3 is 15.6 Å². The van der Waals surface area contributed by atoms with E-state index in [1.165, 1.54) is 0 Å². The minimum Gasteiger partial charge on any atom is -0.394 e. The first-order valence-corrected chi connectivity index (χ1v) is 33.6. The van der Waals surface area contributed by atoms with Crippen molar-refractivity contribution in [1.29, 1.82) is 0 Å². The molecule has 0 saturated carbocycles. The summed E-state index contributed by atoms with van der Waals surface area (Å²) in [5.74, 6) is -0.846. The molecule has 0 spiro atoms. The Kier molecular flexibility index (Phi) is 29.7. The van der Waals surface area contributed by atoms with Gasteiger partial charge in [-0.2, -0.15) is 0 Å². The lowest BCUT2D eigenvalue weighted by Crippen LogP contribution is -2.69. The van der Waals surface area contributed by atoms with Gasteiger partial charge < -0.3 is 204 Å². The highest BCUT2D eigenvalue weighted by Gasteiger charge is 2.58. The second-order valence-corrected chi connectivity index (χ2v) is 27.2. The quantitative estimate of drug-likeness (QED) is 0.0340. The zero-order chi connectivity index (χ0) is 74.1. The summed E-state index contributed by atoms with van der Waals surface area (Å²) in [6.07, 6.45) is -83.7. The Morgan fingerprint density at radius 2 is 0.630 bits per heavy atom. The first kappa shape index (κ1) is 83.8. The van der Waals surface area contributed by atoms with Crippen LogP contribution in [0.5, 0.6) is 0 Å². The van der Waals surface area contributed by atoms with Crippen LogP contribution in [0.15, 0.2) is 0 Å². The average Bonchev–Trinajstić information content (AvgIpc) is 0.742. The number of ether oxygens (including phenoxy) is 13. The zero-order valence-electron chi connectivity index (χ0n) is 51.9. The minimum atomic E-state index is -5.55. The third kappa shape index (κ3) is 19.0. The number of carbonyl (C=O) groups is 1. The molecule has 1 amide bonds. The maximum atomic E-state index is 13.1. The van der Waals surface area contributed by atoms with Crippen molar-refractivity contribution >= 4 is 21.6 Å². The van der Waals surface area contributed by atoms with Crippen molar-refractivity contribution in [1.82, 2.24) is 5.32 Å². The first-order valence-electron chi connectivity index (χ1n) is 30.6. The number of rotatable bonds is 27. The molecule has 0 aromatic rings. The molecule has 8 rings (SSSR count). The van der Waals surface area contributed by atoms with E-state index in [1.54, 1.807) is 0 Å². The Labute approximate surface area is 562 Å². The van der Waals surface area contributed by atoms with Crippen LogP contribution >= 0.6 is 15.6 Å². The number of aliphatic hydroxyl groups is 25. The number of aliphatic hydroxyl groups excluding tert-OH is 25. The molecule has 50 heteroatoms. The molecule has 42 atom stereocenters. The number of hydrogen-bond donors (Lipinski definition) is 28. The van der Waals surface area contributed by atoms with E-state index in [1.807, 2.05) is 0 Å². The van der Waals surface area contributed by atoms with Crippen LogP contribution in [-0.4, -0.2) is 442 Å². The third-order valence-electron chi connectivity index (χ3n) is 17.4. The smallest absolute Gasteiger partial charge is 0.394 e. The van der Waals surface area contributed by atoms with Gasteiger partial charge in [0, 0.05) is 6.92 Å². The molecule has 8 heterocycles. The lowest BCUT2D eigenvalue weighted by Gasteiger charge is -2.50. The minimum absolute atomic E-state index is 0.846. The molecule has 0 aromatic heterocycles. The highest BCUT2D eigenvalue weighted by molar-refractivity contribution is 7.47. The largest absolute Gasteiger partial charge is 0.474 e. The van der Waals surface area contributed by atoms with Crippen LogP contribution in [-0.2, 0) is 93.6 Å². The Hall–Kier alpha value is -1.83. The topological polar surface area (TPSA) is 766 Å². The number of hydrogen-bond acceptors (Lipinski definition) is 45. The fraction of sp³-hybridized carbons (Fsp3) is 0.980. The summed E-state index contributed by atoms with van der Waals surface area (Å²) in [5.41, 5.74) is 0. The van der Waals surface area contributed by atoms with Gasteiger partial charge in [-0.15, -0.1) is 0 Å². The fourth-order valence-corrected chi connectivity index (χ4v) is 13.3. The Bertz CT molecular complexity index is 2650. The second-order valence-electron chi connectivity index (χ2n) is 24.3. The van der Waals surface area contributed by atoms with Gasteiger partial charge in [0.25, 0.3) is 0 Å². The molecule has 48 nitrogen and oxygen atoms in total. The maximum Gasteiger partial charge on any atom is 0.474 e. The molecule has 584 valence electrons. The SMILES string of the molecule is CC(=O)N[C@H]1C(O)O[C@H](CO)[C@@H](O[C@@H]2O[C@H](CO[C@H]3O[C@H](CO[C@H]4O[C@H](COP(=O)(O)O[C@H]5O[C@H](CO)[C@@H](O)[C@H](O)[C@@H]5O)[C@@H](O)[C@H](O)[C@@H]4O)[C@@H](O)[C@H](O)[C@@H]3O)[C@@H](O)[C@H](O[C@H]3O[C@H](CO)[C@@H](O)[C@H](O)[C@@H]3O[C@H]3O[C@H](COP(=O)(O)O[C@H]4O[C@H](CO)[C@@H](O)[C@H](O)[C@@H]4O)[C@@H](O)[C@H](O)[C@@H]3O)[C@@H]2O)[C@@H]1O. The number of phosphoric acid groups is 2. The van der Waals surface area contributed by atoms with Crippen molar-refractivity contribution in [3.8, 4) is 0 Å². The lowest BCUT2D eigenvalue weighted by atomic mass is 9.95. The number of nitrogens with one attached hydrogen (secondary N) is 1. The second kappa shape index (κ2) is 35.5. The molecule has 0 radical (unpaired) electrons. The molecule has 100 heavy (non-hydrogen) atoms. The van der Waals surface area contributed by atoms with Crippen LogP contribution in [0.1, 0.15) is 6.92 Å². The van der Waals surface area contributed by atoms with Crippen LogP contribution in [0, 0.1) is 0 Å². The molecule has 0 bridgehead atoms. The number of amides is 1. The number of carbonyl (C=O) groups excluding carboxylic acids is 1. The van der Waals surface area contributed by atoms with E-state index in [0.29, 0.717) is 0 Å².